The summed E-state index contributed by atoms with van der Waals surface area (Å²) in [6.45, 7) is 5.85. The molecule has 1 saturated carbocycles. The summed E-state index contributed by atoms with van der Waals surface area (Å²) >= 11 is 0. The molecular weight excluding hydrogens is 432 g/mol. The summed E-state index contributed by atoms with van der Waals surface area (Å²) in [4.78, 5) is 14.9. The maximum absolute atomic E-state index is 13.1. The van der Waals surface area contributed by atoms with Gasteiger partial charge in [-0.1, -0.05) is 5.16 Å². The van der Waals surface area contributed by atoms with Gasteiger partial charge in [0.15, 0.2) is 5.69 Å². The summed E-state index contributed by atoms with van der Waals surface area (Å²) in [5.74, 6) is 1.38. The summed E-state index contributed by atoms with van der Waals surface area (Å²) in [6, 6.07) is 1.53. The zero-order chi connectivity index (χ0) is 22.7. The van der Waals surface area contributed by atoms with Gasteiger partial charge >= 0.3 is 0 Å². The number of piperidine rings is 2. The van der Waals surface area contributed by atoms with Crippen LogP contribution in [0.1, 0.15) is 67.6 Å². The maximum atomic E-state index is 13.1. The lowest BCUT2D eigenvalue weighted by atomic mass is 9.99. The van der Waals surface area contributed by atoms with Gasteiger partial charge in [-0.3, -0.25) is 4.79 Å². The largest absolute Gasteiger partial charge is 0.383 e. The Morgan fingerprint density at radius 2 is 1.97 bits per heavy atom. The molecule has 4 rings (SSSR count). The van der Waals surface area contributed by atoms with Gasteiger partial charge in [-0.25, -0.2) is 8.42 Å². The fraction of sp³-hybridized carbons (Fsp3) is 0.818. The molecule has 0 radical (unpaired) electrons. The summed E-state index contributed by atoms with van der Waals surface area (Å²) in [6.07, 6.45) is 5.21. The Kier molecular flexibility index (Phi) is 7.54. The topological polar surface area (TPSA) is 105 Å². The van der Waals surface area contributed by atoms with E-state index in [4.69, 9.17) is 9.26 Å². The molecular formula is C22H36N4O5S. The quantitative estimate of drug-likeness (QED) is 0.589. The number of nitrogens with one attached hydrogen (secondary N) is 1. The minimum Gasteiger partial charge on any atom is -0.383 e. The highest BCUT2D eigenvalue weighted by molar-refractivity contribution is 7.89. The monoisotopic (exact) mass is 468 g/mol. The smallest absolute Gasteiger partial charge is 0.273 e. The predicted octanol–water partition coefficient (Wildman–Crippen LogP) is 1.82. The van der Waals surface area contributed by atoms with E-state index in [1.54, 1.807) is 17.5 Å². The Hall–Kier alpha value is -1.49. The Bertz CT molecular complexity index is 877. The summed E-state index contributed by atoms with van der Waals surface area (Å²) in [5.41, 5.74) is 0.312. The number of methoxy groups -OCH3 is 1. The second-order valence-corrected chi connectivity index (χ2v) is 11.6. The van der Waals surface area contributed by atoms with E-state index in [1.165, 1.54) is 0 Å². The van der Waals surface area contributed by atoms with Crippen molar-refractivity contribution in [2.45, 2.75) is 63.5 Å². The molecule has 0 aromatic carbocycles. The van der Waals surface area contributed by atoms with Crippen LogP contribution in [0.25, 0.3) is 0 Å². The van der Waals surface area contributed by atoms with Crippen LogP contribution in [0.3, 0.4) is 0 Å². The molecule has 1 aromatic rings. The van der Waals surface area contributed by atoms with Gasteiger partial charge in [0.2, 0.25) is 10.0 Å². The van der Waals surface area contributed by atoms with Gasteiger partial charge in [-0.15, -0.1) is 0 Å². The van der Waals surface area contributed by atoms with Crippen LogP contribution in [0.15, 0.2) is 10.6 Å². The molecule has 2 saturated heterocycles. The van der Waals surface area contributed by atoms with E-state index in [0.717, 1.165) is 51.1 Å². The molecule has 9 nitrogen and oxygen atoms in total. The number of amides is 1. The Labute approximate surface area is 190 Å². The van der Waals surface area contributed by atoms with E-state index >= 15 is 0 Å². The van der Waals surface area contributed by atoms with Crippen molar-refractivity contribution >= 4 is 15.9 Å². The highest BCUT2D eigenvalue weighted by Gasteiger charge is 2.36. The normalized spacial score (nSPS) is 26.3. The van der Waals surface area contributed by atoms with Gasteiger partial charge in [-0.05, 0) is 64.5 Å². The lowest BCUT2D eigenvalue weighted by Crippen LogP contribution is -2.52. The van der Waals surface area contributed by atoms with E-state index in [2.05, 4.69) is 15.4 Å². The number of carbonyl (C=O) groups excluding carboxylic acids is 1. The fourth-order valence-corrected chi connectivity index (χ4v) is 7.04. The van der Waals surface area contributed by atoms with E-state index in [1.807, 2.05) is 6.92 Å². The first-order chi connectivity index (χ1) is 15.4. The number of carbonyl (C=O) groups is 1. The fourth-order valence-electron chi connectivity index (χ4n) is 4.90. The van der Waals surface area contributed by atoms with Gasteiger partial charge in [0, 0.05) is 44.3 Å². The molecule has 0 unspecified atom stereocenters. The van der Waals surface area contributed by atoms with Crippen LogP contribution in [0.4, 0.5) is 0 Å². The second-order valence-electron chi connectivity index (χ2n) is 9.60. The number of rotatable bonds is 9. The molecule has 3 fully saturated rings. The molecule has 1 aliphatic carbocycles. The third kappa shape index (κ3) is 5.89. The zero-order valence-electron chi connectivity index (χ0n) is 19.2. The third-order valence-corrected chi connectivity index (χ3v) is 9.16. The third-order valence-electron chi connectivity index (χ3n) is 7.01. The van der Waals surface area contributed by atoms with Crippen molar-refractivity contribution in [2.24, 2.45) is 5.92 Å². The molecule has 1 N–H and O–H groups in total. The van der Waals surface area contributed by atoms with Gasteiger partial charge in [-0.2, -0.15) is 4.31 Å². The second kappa shape index (κ2) is 10.2. The summed E-state index contributed by atoms with van der Waals surface area (Å²) < 4.78 is 38.3. The van der Waals surface area contributed by atoms with E-state index in [0.29, 0.717) is 37.6 Å². The summed E-state index contributed by atoms with van der Waals surface area (Å²) in [5, 5.41) is 6.91. The van der Waals surface area contributed by atoms with Crippen LogP contribution in [0, 0.1) is 5.92 Å². The first-order valence-corrected chi connectivity index (χ1v) is 13.4. The van der Waals surface area contributed by atoms with Crippen molar-refractivity contribution in [3.8, 4) is 0 Å². The van der Waals surface area contributed by atoms with Gasteiger partial charge in [0.1, 0.15) is 5.76 Å². The molecule has 3 aliphatic rings. The standard InChI is InChI=1S/C22H36N4O5S/c1-16-13-19(23-22(27)20-14-21(31-24-20)18-3-4-18)7-10-26(16)32(28,29)15-17-5-8-25(9-6-17)11-12-30-2/h14,16-19H,3-13,15H2,1-2H3,(H,23,27)/t16-,19-/m0/s1. The van der Waals surface area contributed by atoms with E-state index in [9.17, 15) is 13.2 Å². The molecule has 2 aliphatic heterocycles. The van der Waals surface area contributed by atoms with Gasteiger partial charge < -0.3 is 19.5 Å². The number of aromatic nitrogens is 1. The van der Waals surface area contributed by atoms with Crippen LogP contribution < -0.4 is 5.32 Å². The van der Waals surface area contributed by atoms with Crippen molar-refractivity contribution in [3.63, 3.8) is 0 Å². The Balaban J connectivity index is 1.24. The van der Waals surface area contributed by atoms with Crippen molar-refractivity contribution in [3.05, 3.63) is 17.5 Å². The van der Waals surface area contributed by atoms with Crippen LogP contribution >= 0.6 is 0 Å². The number of ether oxygens (including phenoxy) is 1. The van der Waals surface area contributed by atoms with Crippen LogP contribution in [0.5, 0.6) is 0 Å². The Morgan fingerprint density at radius 3 is 2.62 bits per heavy atom. The molecule has 1 aromatic heterocycles. The van der Waals surface area contributed by atoms with Crippen molar-refractivity contribution < 1.29 is 22.5 Å². The van der Waals surface area contributed by atoms with Crippen molar-refractivity contribution in [2.75, 3.05) is 45.6 Å². The number of sulfonamides is 1. The molecule has 10 heteroatoms. The molecule has 0 spiro atoms. The lowest BCUT2D eigenvalue weighted by molar-refractivity contribution is 0.0905. The summed E-state index contributed by atoms with van der Waals surface area (Å²) in [7, 11) is -1.62. The average molecular weight is 469 g/mol. The van der Waals surface area contributed by atoms with E-state index < -0.39 is 10.0 Å². The van der Waals surface area contributed by atoms with Crippen LogP contribution in [-0.2, 0) is 14.8 Å². The number of nitrogens with zero attached hydrogens (tertiary/aromatic N) is 3. The first kappa shape index (κ1) is 23.7. The zero-order valence-corrected chi connectivity index (χ0v) is 20.0. The molecule has 0 bridgehead atoms. The molecule has 2 atom stereocenters. The van der Waals surface area contributed by atoms with Crippen LogP contribution in [0.2, 0.25) is 0 Å². The number of hydrogen-bond donors (Lipinski definition) is 1. The molecule has 180 valence electrons. The number of hydrogen-bond acceptors (Lipinski definition) is 7. The SMILES string of the molecule is COCCN1CCC(CS(=O)(=O)N2CC[C@H](NC(=O)c3cc(C4CC4)on3)C[C@@H]2C)CC1. The van der Waals surface area contributed by atoms with Gasteiger partial charge in [0.25, 0.3) is 5.91 Å². The minimum atomic E-state index is -3.32. The van der Waals surface area contributed by atoms with Crippen LogP contribution in [-0.4, -0.2) is 86.4 Å². The van der Waals surface area contributed by atoms with E-state index in [-0.39, 0.29) is 29.7 Å². The van der Waals surface area contributed by atoms with Gasteiger partial charge in [0.05, 0.1) is 12.4 Å². The first-order valence-electron chi connectivity index (χ1n) is 11.8. The highest BCUT2D eigenvalue weighted by Crippen LogP contribution is 2.40. The molecule has 3 heterocycles. The highest BCUT2D eigenvalue weighted by atomic mass is 32.2. The maximum Gasteiger partial charge on any atom is 0.273 e. The van der Waals surface area contributed by atoms with Crippen molar-refractivity contribution in [1.82, 2.24) is 19.7 Å². The predicted molar refractivity (Wildman–Crippen MR) is 120 cm³/mol. The average Bonchev–Trinajstić information content (AvgIpc) is 3.49. The number of likely N-dealkylation sites (tertiary alicyclic amines) is 1. The minimum absolute atomic E-state index is 0.0611. The lowest BCUT2D eigenvalue weighted by Gasteiger charge is -2.38. The molecule has 1 amide bonds. The van der Waals surface area contributed by atoms with Crippen molar-refractivity contribution in [1.29, 1.82) is 0 Å². The Morgan fingerprint density at radius 1 is 1.22 bits per heavy atom. The molecule has 32 heavy (non-hydrogen) atoms.